The maximum atomic E-state index is 5.80. The fourth-order valence-electron chi connectivity index (χ4n) is 1.73. The Morgan fingerprint density at radius 2 is 2.00 bits per heavy atom. The van der Waals surface area contributed by atoms with Crippen molar-refractivity contribution >= 4 is 44.4 Å². The lowest BCUT2D eigenvalue weighted by molar-refractivity contribution is 0.463. The van der Waals surface area contributed by atoms with Gasteiger partial charge in [-0.15, -0.1) is 0 Å². The van der Waals surface area contributed by atoms with Gasteiger partial charge in [-0.1, -0.05) is 11.6 Å². The lowest BCUT2D eigenvalue weighted by Gasteiger charge is -2.06. The number of halogens is 2. The molecule has 3 aromatic rings. The zero-order chi connectivity index (χ0) is 14.1. The van der Waals surface area contributed by atoms with Crippen molar-refractivity contribution in [1.82, 2.24) is 15.0 Å². The summed E-state index contributed by atoms with van der Waals surface area (Å²) in [5, 5.41) is 1.18. The van der Waals surface area contributed by atoms with E-state index in [-0.39, 0.29) is 11.1 Å². The number of pyridine rings is 1. The van der Waals surface area contributed by atoms with Crippen LogP contribution in [-0.2, 0) is 0 Å². The van der Waals surface area contributed by atoms with Gasteiger partial charge in [-0.25, -0.2) is 4.98 Å². The van der Waals surface area contributed by atoms with Crippen molar-refractivity contribution < 1.29 is 4.74 Å². The first-order chi connectivity index (χ1) is 9.60. The third-order valence-corrected chi connectivity index (χ3v) is 3.16. The van der Waals surface area contributed by atoms with Crippen molar-refractivity contribution in [2.75, 3.05) is 5.73 Å². The number of anilines is 1. The van der Waals surface area contributed by atoms with E-state index in [1.807, 2.05) is 18.2 Å². The molecule has 0 aliphatic rings. The van der Waals surface area contributed by atoms with E-state index in [0.29, 0.717) is 11.6 Å². The molecule has 7 heteroatoms. The van der Waals surface area contributed by atoms with E-state index in [1.165, 1.54) is 6.07 Å². The normalized spacial score (nSPS) is 10.7. The molecule has 0 fully saturated rings. The van der Waals surface area contributed by atoms with E-state index in [0.717, 1.165) is 15.4 Å². The van der Waals surface area contributed by atoms with E-state index in [1.54, 1.807) is 12.3 Å². The molecular weight excluding hydrogens is 344 g/mol. The highest BCUT2D eigenvalue weighted by Crippen LogP contribution is 2.26. The maximum absolute atomic E-state index is 5.80. The molecule has 0 saturated carbocycles. The van der Waals surface area contributed by atoms with Crippen LogP contribution in [-0.4, -0.2) is 15.0 Å². The summed E-state index contributed by atoms with van der Waals surface area (Å²) in [6.07, 6.45) is 1.74. The van der Waals surface area contributed by atoms with Crippen LogP contribution in [0.2, 0.25) is 5.15 Å². The van der Waals surface area contributed by atoms with Crippen LogP contribution in [0.1, 0.15) is 0 Å². The minimum absolute atomic E-state index is 0.0673. The Kier molecular flexibility index (Phi) is 3.42. The van der Waals surface area contributed by atoms with Crippen molar-refractivity contribution in [2.45, 2.75) is 0 Å². The number of hydrogen-bond donors (Lipinski definition) is 1. The Hall–Kier alpha value is -1.92. The van der Waals surface area contributed by atoms with E-state index in [4.69, 9.17) is 22.1 Å². The topological polar surface area (TPSA) is 73.9 Å². The first-order valence-electron chi connectivity index (χ1n) is 5.63. The Morgan fingerprint density at radius 1 is 1.15 bits per heavy atom. The van der Waals surface area contributed by atoms with E-state index >= 15 is 0 Å². The quantitative estimate of drug-likeness (QED) is 0.711. The summed E-state index contributed by atoms with van der Waals surface area (Å²) >= 11 is 9.19. The van der Waals surface area contributed by atoms with Gasteiger partial charge in [-0.05, 0) is 40.2 Å². The van der Waals surface area contributed by atoms with Crippen LogP contribution < -0.4 is 10.5 Å². The molecule has 0 atom stereocenters. The number of nitrogens with zero attached hydrogens (tertiary/aromatic N) is 3. The molecule has 2 N–H and O–H groups in total. The van der Waals surface area contributed by atoms with Gasteiger partial charge in [0.2, 0.25) is 11.8 Å². The summed E-state index contributed by atoms with van der Waals surface area (Å²) in [6.45, 7) is 0. The predicted molar refractivity (Wildman–Crippen MR) is 81.0 cm³/mol. The summed E-state index contributed by atoms with van der Waals surface area (Å²) < 4.78 is 6.53. The Balaban J connectivity index is 1.97. The van der Waals surface area contributed by atoms with Gasteiger partial charge in [0.05, 0.1) is 5.52 Å². The highest BCUT2D eigenvalue weighted by Gasteiger charge is 2.05. The Bertz CT molecular complexity index is 776. The average Bonchev–Trinajstić information content (AvgIpc) is 2.37. The predicted octanol–water partition coefficient (Wildman–Crippen LogP) is 3.82. The monoisotopic (exact) mass is 350 g/mol. The number of nitrogen functional groups attached to an aromatic ring is 1. The number of fused-ring (bicyclic) bond motifs is 1. The van der Waals surface area contributed by atoms with E-state index in [2.05, 4.69) is 30.9 Å². The van der Waals surface area contributed by atoms with Crippen LogP contribution in [0.15, 0.2) is 41.0 Å². The second-order valence-corrected chi connectivity index (χ2v) is 5.30. The molecule has 3 rings (SSSR count). The summed E-state index contributed by atoms with van der Waals surface area (Å²) in [5.41, 5.74) is 6.40. The number of hydrogen-bond acceptors (Lipinski definition) is 5. The summed E-state index contributed by atoms with van der Waals surface area (Å²) in [6, 6.07) is 8.98. The van der Waals surface area contributed by atoms with E-state index < -0.39 is 0 Å². The molecule has 0 unspecified atom stereocenters. The molecule has 2 heterocycles. The zero-order valence-corrected chi connectivity index (χ0v) is 12.4. The fourth-order valence-corrected chi connectivity index (χ4v) is 2.26. The molecule has 5 nitrogen and oxygen atoms in total. The molecule has 0 saturated heterocycles. The summed E-state index contributed by atoms with van der Waals surface area (Å²) in [4.78, 5) is 12.0. The molecule has 0 bridgehead atoms. The third kappa shape index (κ3) is 2.81. The van der Waals surface area contributed by atoms with Crippen molar-refractivity contribution in [2.24, 2.45) is 0 Å². The van der Waals surface area contributed by atoms with Crippen LogP contribution in [0, 0.1) is 0 Å². The number of rotatable bonds is 2. The average molecular weight is 352 g/mol. The van der Waals surface area contributed by atoms with Gasteiger partial charge in [0.1, 0.15) is 10.9 Å². The fraction of sp³-hybridized carbons (Fsp3) is 0. The van der Waals surface area contributed by atoms with Gasteiger partial charge in [0.15, 0.2) is 0 Å². The van der Waals surface area contributed by atoms with Crippen molar-refractivity contribution in [1.29, 1.82) is 0 Å². The molecule has 100 valence electrons. The standard InChI is InChI=1S/C13H8BrClN4O/c14-8-3-7-4-9(1-2-10(7)17-6-8)20-12-5-11(15)18-13(16)19-12/h1-6H,(H2,16,18,19). The smallest absolute Gasteiger partial charge is 0.225 e. The molecular formula is C13H8BrClN4O. The first kappa shape index (κ1) is 13.1. The first-order valence-corrected chi connectivity index (χ1v) is 6.80. The number of ether oxygens (including phenoxy) is 1. The van der Waals surface area contributed by atoms with Gasteiger partial charge < -0.3 is 10.5 Å². The summed E-state index contributed by atoms with van der Waals surface area (Å²) in [7, 11) is 0. The second-order valence-electron chi connectivity index (χ2n) is 4.00. The molecule has 0 spiro atoms. The number of nitrogens with two attached hydrogens (primary N) is 1. The van der Waals surface area contributed by atoms with Crippen molar-refractivity contribution in [3.05, 3.63) is 46.2 Å². The maximum Gasteiger partial charge on any atom is 0.225 e. The highest BCUT2D eigenvalue weighted by molar-refractivity contribution is 9.10. The minimum atomic E-state index is 0.0673. The van der Waals surface area contributed by atoms with Gasteiger partial charge in [-0.2, -0.15) is 4.98 Å². The molecule has 2 aromatic heterocycles. The van der Waals surface area contributed by atoms with Crippen LogP contribution in [0.25, 0.3) is 10.9 Å². The van der Waals surface area contributed by atoms with Crippen LogP contribution in [0.4, 0.5) is 5.95 Å². The SMILES string of the molecule is Nc1nc(Cl)cc(Oc2ccc3ncc(Br)cc3c2)n1. The van der Waals surface area contributed by atoms with Gasteiger partial charge in [0, 0.05) is 22.1 Å². The lowest BCUT2D eigenvalue weighted by atomic mass is 10.2. The molecule has 0 radical (unpaired) electrons. The Labute approximate surface area is 127 Å². The summed E-state index contributed by atoms with van der Waals surface area (Å²) in [5.74, 6) is 0.981. The molecule has 20 heavy (non-hydrogen) atoms. The van der Waals surface area contributed by atoms with Crippen molar-refractivity contribution in [3.63, 3.8) is 0 Å². The highest BCUT2D eigenvalue weighted by atomic mass is 79.9. The Morgan fingerprint density at radius 3 is 2.80 bits per heavy atom. The largest absolute Gasteiger partial charge is 0.439 e. The van der Waals surface area contributed by atoms with Crippen molar-refractivity contribution in [3.8, 4) is 11.6 Å². The molecule has 0 aliphatic carbocycles. The van der Waals surface area contributed by atoms with Gasteiger partial charge in [-0.3, -0.25) is 4.98 Å². The van der Waals surface area contributed by atoms with Crippen LogP contribution in [0.5, 0.6) is 11.6 Å². The van der Waals surface area contributed by atoms with Gasteiger partial charge >= 0.3 is 0 Å². The molecule has 0 amide bonds. The molecule has 0 aliphatic heterocycles. The zero-order valence-electron chi connectivity index (χ0n) is 10.0. The molecule has 1 aromatic carbocycles. The lowest BCUT2D eigenvalue weighted by Crippen LogP contribution is -1.97. The number of benzene rings is 1. The van der Waals surface area contributed by atoms with Gasteiger partial charge in [0.25, 0.3) is 0 Å². The van der Waals surface area contributed by atoms with Crippen LogP contribution in [0.3, 0.4) is 0 Å². The van der Waals surface area contributed by atoms with Crippen LogP contribution >= 0.6 is 27.5 Å². The third-order valence-electron chi connectivity index (χ3n) is 2.53. The van der Waals surface area contributed by atoms with E-state index in [9.17, 15) is 0 Å². The second kappa shape index (κ2) is 5.22. The minimum Gasteiger partial charge on any atom is -0.439 e. The number of aromatic nitrogens is 3.